The van der Waals surface area contributed by atoms with Crippen LogP contribution in [0.3, 0.4) is 0 Å². The first kappa shape index (κ1) is 21.2. The van der Waals surface area contributed by atoms with Gasteiger partial charge in [0.15, 0.2) is 0 Å². The summed E-state index contributed by atoms with van der Waals surface area (Å²) in [5, 5.41) is 0. The van der Waals surface area contributed by atoms with Gasteiger partial charge in [0.2, 0.25) is 0 Å². The first-order valence-electron chi connectivity index (χ1n) is 11.1. The summed E-state index contributed by atoms with van der Waals surface area (Å²) < 4.78 is 11.5. The minimum atomic E-state index is -0.553. The number of ether oxygens (including phenoxy) is 2. The van der Waals surface area contributed by atoms with Gasteiger partial charge in [0.05, 0.1) is 12.2 Å². The van der Waals surface area contributed by atoms with Crippen LogP contribution in [-0.4, -0.2) is 29.8 Å². The van der Waals surface area contributed by atoms with E-state index in [0.717, 1.165) is 64.6 Å². The predicted molar refractivity (Wildman–Crippen MR) is 110 cm³/mol. The summed E-state index contributed by atoms with van der Waals surface area (Å²) in [6.07, 6.45) is 15.9. The van der Waals surface area contributed by atoms with E-state index in [2.05, 4.69) is 13.8 Å². The van der Waals surface area contributed by atoms with Gasteiger partial charge in [-0.05, 0) is 70.6 Å². The lowest BCUT2D eigenvalue weighted by atomic mass is 9.44. The molecular formula is C22H38Cl2O2. The summed E-state index contributed by atoms with van der Waals surface area (Å²) in [5.41, 5.74) is 0.271. The Labute approximate surface area is 170 Å². The Morgan fingerprint density at radius 1 is 0.731 bits per heavy atom. The number of hydrogen-bond donors (Lipinski definition) is 0. The van der Waals surface area contributed by atoms with Gasteiger partial charge in [0, 0.05) is 24.0 Å². The Kier molecular flexibility index (Phi) is 7.25. The molecule has 0 unspecified atom stereocenters. The summed E-state index contributed by atoms with van der Waals surface area (Å²) >= 11 is 14.2. The van der Waals surface area contributed by atoms with E-state index in [1.54, 1.807) is 0 Å². The molecule has 0 heterocycles. The molecule has 0 amide bonds. The van der Waals surface area contributed by atoms with Gasteiger partial charge in [-0.2, -0.15) is 0 Å². The van der Waals surface area contributed by atoms with Crippen LogP contribution in [0.25, 0.3) is 0 Å². The Morgan fingerprint density at radius 3 is 1.42 bits per heavy atom. The van der Waals surface area contributed by atoms with Crippen molar-refractivity contribution in [2.45, 2.75) is 114 Å². The van der Waals surface area contributed by atoms with E-state index in [1.807, 2.05) is 0 Å². The molecule has 0 aromatic rings. The van der Waals surface area contributed by atoms with Gasteiger partial charge in [0.25, 0.3) is 0 Å². The summed E-state index contributed by atoms with van der Waals surface area (Å²) in [7, 11) is 0. The number of unbranched alkanes of at least 4 members (excludes halogenated alkanes) is 2. The number of hydrogen-bond acceptors (Lipinski definition) is 2. The molecular weight excluding hydrogens is 367 g/mol. The Bertz CT molecular complexity index is 397. The van der Waals surface area contributed by atoms with Crippen molar-refractivity contribution in [3.8, 4) is 0 Å². The minimum absolute atomic E-state index is 0.136. The lowest BCUT2D eigenvalue weighted by Crippen LogP contribution is -2.67. The Hall–Kier alpha value is 0.500. The predicted octanol–water partition coefficient (Wildman–Crippen LogP) is 7.06. The van der Waals surface area contributed by atoms with Crippen LogP contribution in [0.2, 0.25) is 0 Å². The first-order valence-corrected chi connectivity index (χ1v) is 11.9. The summed E-state index contributed by atoms with van der Waals surface area (Å²) in [4.78, 5) is 0. The average molecular weight is 405 g/mol. The molecule has 4 heteroatoms. The molecule has 3 saturated carbocycles. The van der Waals surface area contributed by atoms with E-state index in [9.17, 15) is 0 Å². The second kappa shape index (κ2) is 8.89. The third-order valence-electron chi connectivity index (χ3n) is 7.49. The lowest BCUT2D eigenvalue weighted by molar-refractivity contribution is -0.139. The maximum absolute atomic E-state index is 7.11. The molecule has 0 aromatic carbocycles. The number of halogens is 2. The monoisotopic (exact) mass is 404 g/mol. The second-order valence-electron chi connectivity index (χ2n) is 9.16. The highest BCUT2D eigenvalue weighted by atomic mass is 35.5. The highest BCUT2D eigenvalue weighted by Gasteiger charge is 2.72. The molecule has 3 rings (SSSR count). The third-order valence-corrected chi connectivity index (χ3v) is 9.09. The van der Waals surface area contributed by atoms with Gasteiger partial charge in [-0.1, -0.05) is 26.7 Å². The van der Waals surface area contributed by atoms with Crippen molar-refractivity contribution in [3.63, 3.8) is 0 Å². The van der Waals surface area contributed by atoms with Crippen molar-refractivity contribution in [1.29, 1.82) is 0 Å². The van der Waals surface area contributed by atoms with Crippen LogP contribution in [0.4, 0.5) is 0 Å². The van der Waals surface area contributed by atoms with E-state index in [4.69, 9.17) is 32.7 Å². The Morgan fingerprint density at radius 2 is 1.12 bits per heavy atom. The van der Waals surface area contributed by atoms with Crippen LogP contribution >= 0.6 is 23.2 Å². The maximum atomic E-state index is 7.11. The van der Waals surface area contributed by atoms with Crippen molar-refractivity contribution in [2.24, 2.45) is 10.8 Å². The summed E-state index contributed by atoms with van der Waals surface area (Å²) in [6, 6.07) is 0. The second-order valence-corrected chi connectivity index (χ2v) is 10.5. The topological polar surface area (TPSA) is 18.5 Å². The average Bonchev–Trinajstić information content (AvgIpc) is 2.65. The largest absolute Gasteiger partial charge is 0.378 e. The van der Waals surface area contributed by atoms with Crippen molar-refractivity contribution < 1.29 is 9.47 Å². The summed E-state index contributed by atoms with van der Waals surface area (Å²) in [5.74, 6) is 0. The molecule has 152 valence electrons. The fourth-order valence-electron chi connectivity index (χ4n) is 5.72. The summed E-state index contributed by atoms with van der Waals surface area (Å²) in [6.45, 7) is 6.24. The van der Waals surface area contributed by atoms with Crippen molar-refractivity contribution in [2.75, 3.05) is 13.2 Å². The molecule has 0 aliphatic heterocycles. The zero-order valence-corrected chi connectivity index (χ0v) is 18.3. The molecule has 0 saturated heterocycles. The highest BCUT2D eigenvalue weighted by molar-refractivity contribution is 6.50. The zero-order chi connectivity index (χ0) is 18.7. The van der Waals surface area contributed by atoms with E-state index >= 15 is 0 Å². The minimum Gasteiger partial charge on any atom is -0.378 e. The molecule has 0 bridgehead atoms. The van der Waals surface area contributed by atoms with Crippen molar-refractivity contribution in [1.82, 2.24) is 0 Å². The van der Waals surface area contributed by atoms with E-state index in [0.29, 0.717) is 12.2 Å². The van der Waals surface area contributed by atoms with Crippen LogP contribution < -0.4 is 0 Å². The van der Waals surface area contributed by atoms with Crippen molar-refractivity contribution in [3.05, 3.63) is 0 Å². The van der Waals surface area contributed by atoms with Gasteiger partial charge >= 0.3 is 0 Å². The van der Waals surface area contributed by atoms with E-state index < -0.39 is 4.33 Å². The lowest BCUT2D eigenvalue weighted by Gasteiger charge is -2.69. The van der Waals surface area contributed by atoms with E-state index in [-0.39, 0.29) is 10.8 Å². The van der Waals surface area contributed by atoms with Gasteiger partial charge < -0.3 is 9.47 Å². The molecule has 26 heavy (non-hydrogen) atoms. The number of rotatable bonds is 8. The number of alkyl halides is 2. The molecule has 0 atom stereocenters. The molecule has 3 aliphatic carbocycles. The fourth-order valence-corrected chi connectivity index (χ4v) is 6.74. The van der Waals surface area contributed by atoms with Crippen LogP contribution in [0.15, 0.2) is 0 Å². The molecule has 0 radical (unpaired) electrons. The van der Waals surface area contributed by atoms with Crippen LogP contribution in [0.5, 0.6) is 0 Å². The van der Waals surface area contributed by atoms with Crippen LogP contribution in [-0.2, 0) is 9.47 Å². The van der Waals surface area contributed by atoms with Gasteiger partial charge in [-0.15, -0.1) is 23.2 Å². The fraction of sp³-hybridized carbons (Fsp3) is 1.00. The standard InChI is InChI=1S/C22H38Cl2O2/c1-3-5-15-25-18-7-11-20(12-8-18)17-21(22(20,23)24)13-9-19(10-14-21)26-16-6-4-2/h18-19H,3-17H2,1-2H3/t18?,19?,20-,21-. The quantitative estimate of drug-likeness (QED) is 0.318. The SMILES string of the molecule is CCCCOC1CC[C@]2(CC1)C[C@@]1(CCC(OCCCC)CC1)C2(Cl)Cl. The normalized spacial score (nSPS) is 39.2. The van der Waals surface area contributed by atoms with Crippen molar-refractivity contribution >= 4 is 23.2 Å². The van der Waals surface area contributed by atoms with Gasteiger partial charge in [-0.3, -0.25) is 0 Å². The maximum Gasteiger partial charge on any atom is 0.129 e. The molecule has 0 aromatic heterocycles. The first-order chi connectivity index (χ1) is 12.5. The smallest absolute Gasteiger partial charge is 0.129 e. The van der Waals surface area contributed by atoms with Crippen LogP contribution in [0.1, 0.15) is 97.3 Å². The molecule has 2 spiro atoms. The van der Waals surface area contributed by atoms with Gasteiger partial charge in [0.1, 0.15) is 4.33 Å². The van der Waals surface area contributed by atoms with Gasteiger partial charge in [-0.25, -0.2) is 0 Å². The Balaban J connectivity index is 1.48. The molecule has 0 N–H and O–H groups in total. The third kappa shape index (κ3) is 3.95. The molecule has 2 nitrogen and oxygen atoms in total. The highest BCUT2D eigenvalue weighted by Crippen LogP contribution is 2.76. The van der Waals surface area contributed by atoms with Crippen LogP contribution in [0, 0.1) is 10.8 Å². The molecule has 3 fully saturated rings. The zero-order valence-electron chi connectivity index (χ0n) is 16.8. The molecule has 3 aliphatic rings. The van der Waals surface area contributed by atoms with E-state index in [1.165, 1.54) is 32.1 Å².